The molecule has 0 aliphatic heterocycles. The molecular formula is C27H39N3O2. The van der Waals surface area contributed by atoms with Gasteiger partial charge in [-0.15, -0.1) is 0 Å². The minimum Gasteiger partial charge on any atom is -0.390 e. The summed E-state index contributed by atoms with van der Waals surface area (Å²) >= 11 is 0. The third kappa shape index (κ3) is 3.12. The molecular weight excluding hydrogens is 398 g/mol. The zero-order chi connectivity index (χ0) is 22.9. The van der Waals surface area contributed by atoms with Gasteiger partial charge >= 0.3 is 0 Å². The van der Waals surface area contributed by atoms with Gasteiger partial charge in [-0.2, -0.15) is 10.4 Å². The number of Topliss-reactive ketones (excluding diaryl/α,β-unsaturated/α-hetero) is 1. The van der Waals surface area contributed by atoms with E-state index in [4.69, 9.17) is 5.26 Å². The molecule has 0 saturated heterocycles. The summed E-state index contributed by atoms with van der Waals surface area (Å²) in [6.45, 7) is 9.24. The number of nitriles is 1. The minimum absolute atomic E-state index is 0.0306. The van der Waals surface area contributed by atoms with E-state index in [2.05, 4.69) is 31.9 Å². The number of aromatic nitrogens is 2. The Kier molecular flexibility index (Phi) is 5.13. The molecule has 0 radical (unpaired) electrons. The van der Waals surface area contributed by atoms with Crippen molar-refractivity contribution in [3.05, 3.63) is 18.0 Å². The van der Waals surface area contributed by atoms with Crippen molar-refractivity contribution in [3.8, 4) is 6.07 Å². The molecule has 174 valence electrons. The first kappa shape index (κ1) is 22.1. The zero-order valence-corrected chi connectivity index (χ0v) is 20.2. The molecule has 0 bridgehead atoms. The van der Waals surface area contributed by atoms with E-state index in [1.54, 1.807) is 17.1 Å². The Hall–Kier alpha value is -1.67. The number of hydrogen-bond donors (Lipinski definition) is 1. The minimum atomic E-state index is -0.470. The summed E-state index contributed by atoms with van der Waals surface area (Å²) < 4.78 is 1.65. The average Bonchev–Trinajstić information content (AvgIpc) is 3.28. The molecule has 32 heavy (non-hydrogen) atoms. The van der Waals surface area contributed by atoms with Crippen molar-refractivity contribution in [2.75, 3.05) is 0 Å². The van der Waals surface area contributed by atoms with Crippen LogP contribution in [0.2, 0.25) is 0 Å². The molecule has 4 fully saturated rings. The van der Waals surface area contributed by atoms with Crippen molar-refractivity contribution in [1.82, 2.24) is 9.78 Å². The first-order valence-electron chi connectivity index (χ1n) is 12.8. The number of fused-ring (bicyclic) bond motifs is 5. The fourth-order valence-electron chi connectivity index (χ4n) is 9.07. The molecule has 4 aliphatic rings. The molecule has 0 spiro atoms. The van der Waals surface area contributed by atoms with Gasteiger partial charge in [0, 0.05) is 11.6 Å². The van der Waals surface area contributed by atoms with Crippen molar-refractivity contribution in [1.29, 1.82) is 5.26 Å². The highest BCUT2D eigenvalue weighted by Crippen LogP contribution is 2.70. The zero-order valence-electron chi connectivity index (χ0n) is 20.2. The number of hydrogen-bond acceptors (Lipinski definition) is 4. The summed E-state index contributed by atoms with van der Waals surface area (Å²) in [6, 6.07) is 2.11. The van der Waals surface area contributed by atoms with Crippen LogP contribution in [0.5, 0.6) is 0 Å². The highest BCUT2D eigenvalue weighted by molar-refractivity contribution is 5.86. The number of carbonyl (C=O) groups is 1. The third-order valence-corrected chi connectivity index (χ3v) is 11.1. The molecule has 1 aromatic heterocycles. The Morgan fingerprint density at radius 1 is 1.19 bits per heavy atom. The van der Waals surface area contributed by atoms with Crippen LogP contribution in [0.3, 0.4) is 0 Å². The molecule has 5 heteroatoms. The Balaban J connectivity index is 1.38. The van der Waals surface area contributed by atoms with Crippen molar-refractivity contribution < 1.29 is 9.90 Å². The van der Waals surface area contributed by atoms with Gasteiger partial charge in [-0.05, 0) is 99.2 Å². The number of carbonyl (C=O) groups excluding carboxylic acids is 1. The maximum absolute atomic E-state index is 13.8. The number of ketones is 1. The van der Waals surface area contributed by atoms with Crippen molar-refractivity contribution in [2.45, 2.75) is 91.2 Å². The molecule has 4 saturated carbocycles. The van der Waals surface area contributed by atoms with Crippen LogP contribution in [0.25, 0.3) is 0 Å². The van der Waals surface area contributed by atoms with Crippen LogP contribution in [0.4, 0.5) is 0 Å². The number of aliphatic hydroxyl groups is 1. The van der Waals surface area contributed by atoms with E-state index >= 15 is 0 Å². The van der Waals surface area contributed by atoms with Crippen LogP contribution in [-0.2, 0) is 11.3 Å². The molecule has 4 aliphatic carbocycles. The first-order chi connectivity index (χ1) is 15.1. The van der Waals surface area contributed by atoms with Crippen LogP contribution < -0.4 is 0 Å². The van der Waals surface area contributed by atoms with Gasteiger partial charge in [0.25, 0.3) is 0 Å². The maximum Gasteiger partial charge on any atom is 0.160 e. The molecule has 0 unspecified atom stereocenters. The smallest absolute Gasteiger partial charge is 0.160 e. The Bertz CT molecular complexity index is 945. The summed E-state index contributed by atoms with van der Waals surface area (Å²) in [5, 5.41) is 24.0. The normalized spacial score (nSPS) is 47.8. The lowest BCUT2D eigenvalue weighted by Crippen LogP contribution is -2.54. The van der Waals surface area contributed by atoms with E-state index in [1.165, 1.54) is 25.7 Å². The topological polar surface area (TPSA) is 78.9 Å². The van der Waals surface area contributed by atoms with Gasteiger partial charge in [0.15, 0.2) is 5.78 Å². The summed E-state index contributed by atoms with van der Waals surface area (Å²) in [4.78, 5) is 13.8. The van der Waals surface area contributed by atoms with Gasteiger partial charge in [0.2, 0.25) is 0 Å². The van der Waals surface area contributed by atoms with E-state index in [-0.39, 0.29) is 23.2 Å². The first-order valence-corrected chi connectivity index (χ1v) is 12.8. The van der Waals surface area contributed by atoms with E-state index in [0.717, 1.165) is 43.4 Å². The molecule has 5 nitrogen and oxygen atoms in total. The average molecular weight is 438 g/mol. The molecule has 1 aromatic rings. The summed E-state index contributed by atoms with van der Waals surface area (Å²) in [7, 11) is 0. The SMILES string of the molecule is C[C@@H]1C[C@H]2[C@@H]3CC[C@@H]4C[C@](C)(O)CC[C@@H]4[C@H]3CC[C@]2(C)[C@@]1(C)C(=O)Cn1cc(C#N)cn1. The Morgan fingerprint density at radius 2 is 1.94 bits per heavy atom. The van der Waals surface area contributed by atoms with Crippen molar-refractivity contribution in [3.63, 3.8) is 0 Å². The monoisotopic (exact) mass is 437 g/mol. The van der Waals surface area contributed by atoms with Gasteiger partial charge in [0.1, 0.15) is 12.6 Å². The highest BCUT2D eigenvalue weighted by Gasteiger charge is 2.66. The lowest BCUT2D eigenvalue weighted by Gasteiger charge is -2.58. The largest absolute Gasteiger partial charge is 0.390 e. The Morgan fingerprint density at radius 3 is 2.66 bits per heavy atom. The van der Waals surface area contributed by atoms with E-state index in [9.17, 15) is 9.90 Å². The lowest BCUT2D eigenvalue weighted by molar-refractivity contribution is -0.147. The van der Waals surface area contributed by atoms with Gasteiger partial charge < -0.3 is 5.11 Å². The standard InChI is InChI=1S/C27H39N3O2/c1-17-11-23-22-6-5-19-12-25(2,32)9-7-20(19)21(22)8-10-26(23,3)27(17,4)24(31)16-30-15-18(13-28)14-29-30/h14-15,17,19-23,32H,5-12,16H2,1-4H3/t17-,19-,20+,21-,22-,23+,25-,26+,27-/m1/s1. The Labute approximate surface area is 192 Å². The molecule has 9 atom stereocenters. The second kappa shape index (κ2) is 7.42. The maximum atomic E-state index is 13.8. The lowest BCUT2D eigenvalue weighted by atomic mass is 9.46. The third-order valence-electron chi connectivity index (χ3n) is 11.1. The quantitative estimate of drug-likeness (QED) is 0.723. The predicted molar refractivity (Wildman–Crippen MR) is 122 cm³/mol. The summed E-state index contributed by atoms with van der Waals surface area (Å²) in [5.41, 5.74) is -0.283. The predicted octanol–water partition coefficient (Wildman–Crippen LogP) is 4.98. The molecule has 5 rings (SSSR count). The molecule has 1 N–H and O–H groups in total. The second-order valence-corrected chi connectivity index (χ2v) is 12.4. The van der Waals surface area contributed by atoms with Crippen molar-refractivity contribution in [2.24, 2.45) is 46.3 Å². The molecule has 0 aromatic carbocycles. The van der Waals surface area contributed by atoms with Crippen LogP contribution in [-0.4, -0.2) is 26.3 Å². The summed E-state index contributed by atoms with van der Waals surface area (Å²) in [6.07, 6.45) is 12.4. The molecule has 1 heterocycles. The van der Waals surface area contributed by atoms with Gasteiger partial charge in [0.05, 0.1) is 17.4 Å². The van der Waals surface area contributed by atoms with Crippen LogP contribution in [0, 0.1) is 57.7 Å². The van der Waals surface area contributed by atoms with Gasteiger partial charge in [-0.25, -0.2) is 0 Å². The second-order valence-electron chi connectivity index (χ2n) is 12.4. The van der Waals surface area contributed by atoms with Gasteiger partial charge in [-0.3, -0.25) is 9.48 Å². The van der Waals surface area contributed by atoms with E-state index < -0.39 is 5.60 Å². The number of nitrogens with zero attached hydrogens (tertiary/aromatic N) is 3. The summed E-state index contributed by atoms with van der Waals surface area (Å²) in [5.74, 6) is 4.21. The van der Waals surface area contributed by atoms with E-state index in [0.29, 0.717) is 23.3 Å². The molecule has 0 amide bonds. The van der Waals surface area contributed by atoms with Crippen molar-refractivity contribution >= 4 is 5.78 Å². The fraction of sp³-hybridized carbons (Fsp3) is 0.815. The highest BCUT2D eigenvalue weighted by atomic mass is 16.3. The van der Waals surface area contributed by atoms with Crippen LogP contribution >= 0.6 is 0 Å². The number of rotatable bonds is 3. The van der Waals surface area contributed by atoms with Crippen LogP contribution in [0.1, 0.15) is 84.6 Å². The van der Waals surface area contributed by atoms with Crippen LogP contribution in [0.15, 0.2) is 12.4 Å². The van der Waals surface area contributed by atoms with E-state index in [1.807, 2.05) is 6.92 Å². The van der Waals surface area contributed by atoms with Gasteiger partial charge in [-0.1, -0.05) is 20.8 Å². The fourth-order valence-corrected chi connectivity index (χ4v) is 9.07.